The van der Waals surface area contributed by atoms with Crippen LogP contribution < -0.4 is 0 Å². The highest BCUT2D eigenvalue weighted by atomic mass is 19.1. The summed E-state index contributed by atoms with van der Waals surface area (Å²) in [7, 11) is 0. The Kier molecular flexibility index (Phi) is 1.01. The Hall–Kier alpha value is -1.31. The number of hydrogen-bond donors (Lipinski definition) is 1. The Balaban J connectivity index is 2.93. The highest BCUT2D eigenvalue weighted by Crippen LogP contribution is 2.14. The van der Waals surface area contributed by atoms with Crippen molar-refractivity contribution in [3.63, 3.8) is 0 Å². The maximum absolute atomic E-state index is 12.7. The van der Waals surface area contributed by atoms with Gasteiger partial charge in [0.15, 0.2) is 0 Å². The third-order valence-electron chi connectivity index (χ3n) is 1.48. The molecule has 2 aromatic rings. The van der Waals surface area contributed by atoms with E-state index in [-0.39, 0.29) is 5.82 Å². The van der Waals surface area contributed by atoms with Gasteiger partial charge in [0.1, 0.15) is 5.82 Å². The van der Waals surface area contributed by atoms with E-state index in [4.69, 9.17) is 0 Å². The predicted octanol–water partition coefficient (Wildman–Crippen LogP) is 2.11. The van der Waals surface area contributed by atoms with E-state index < -0.39 is 0 Å². The minimum Gasteiger partial charge on any atom is -0.359 e. The molecule has 0 bridgehead atoms. The summed E-state index contributed by atoms with van der Waals surface area (Å²) in [6.07, 6.45) is 1.35. The molecule has 1 aromatic heterocycles. The molecule has 1 N–H and O–H groups in total. The van der Waals surface area contributed by atoms with Gasteiger partial charge >= 0.3 is 0 Å². The molecule has 2 rings (SSSR count). The number of aromatic amines is 1. The number of fused-ring (bicyclic) bond motifs is 1. The first kappa shape index (κ1) is 5.47. The van der Waals surface area contributed by atoms with Gasteiger partial charge in [0, 0.05) is 17.1 Å². The smallest absolute Gasteiger partial charge is 0.148 e. The first-order valence-corrected chi connectivity index (χ1v) is 3.00. The molecule has 0 amide bonds. The van der Waals surface area contributed by atoms with Crippen molar-refractivity contribution in [2.75, 3.05) is 0 Å². The van der Waals surface area contributed by atoms with Crippen molar-refractivity contribution >= 4 is 10.9 Å². The molecule has 1 radical (unpaired) electrons. The first-order chi connectivity index (χ1) is 4.88. The summed E-state index contributed by atoms with van der Waals surface area (Å²) in [5, 5.41) is 0.624. The van der Waals surface area contributed by atoms with Crippen LogP contribution in [0.5, 0.6) is 0 Å². The standard InChI is InChI=1S/C8H5FN/c9-7-5-10-8-4-2-1-3-6(7)8/h1,3-5,10H. The van der Waals surface area contributed by atoms with Gasteiger partial charge in [-0.2, -0.15) is 0 Å². The summed E-state index contributed by atoms with van der Waals surface area (Å²) in [6.45, 7) is 0. The van der Waals surface area contributed by atoms with Crippen molar-refractivity contribution in [1.82, 2.24) is 4.98 Å². The lowest BCUT2D eigenvalue weighted by atomic mass is 10.2. The number of aromatic nitrogens is 1. The van der Waals surface area contributed by atoms with E-state index in [1.165, 1.54) is 6.20 Å². The van der Waals surface area contributed by atoms with Gasteiger partial charge in [-0.25, -0.2) is 4.39 Å². The van der Waals surface area contributed by atoms with Crippen LogP contribution in [0.25, 0.3) is 10.9 Å². The Morgan fingerprint density at radius 1 is 1.50 bits per heavy atom. The van der Waals surface area contributed by atoms with Gasteiger partial charge in [-0.05, 0) is 18.2 Å². The third-order valence-corrected chi connectivity index (χ3v) is 1.48. The zero-order chi connectivity index (χ0) is 6.97. The second-order valence-corrected chi connectivity index (χ2v) is 2.11. The summed E-state index contributed by atoms with van der Waals surface area (Å²) in [4.78, 5) is 2.78. The molecule has 0 unspecified atom stereocenters. The topological polar surface area (TPSA) is 15.8 Å². The van der Waals surface area contributed by atoms with Crippen molar-refractivity contribution in [3.05, 3.63) is 36.3 Å². The van der Waals surface area contributed by atoms with E-state index >= 15 is 0 Å². The fourth-order valence-electron chi connectivity index (χ4n) is 0.977. The summed E-state index contributed by atoms with van der Waals surface area (Å²) in [6, 6.07) is 7.96. The van der Waals surface area contributed by atoms with Crippen LogP contribution in [0.4, 0.5) is 4.39 Å². The second-order valence-electron chi connectivity index (χ2n) is 2.11. The summed E-state index contributed by atoms with van der Waals surface area (Å²) in [5.74, 6) is -0.205. The molecule has 0 fully saturated rings. The largest absolute Gasteiger partial charge is 0.359 e. The molecule has 1 nitrogen and oxygen atoms in total. The van der Waals surface area contributed by atoms with Crippen LogP contribution in [0.15, 0.2) is 24.4 Å². The molecule has 0 aliphatic carbocycles. The maximum Gasteiger partial charge on any atom is 0.148 e. The lowest BCUT2D eigenvalue weighted by molar-refractivity contribution is 0.639. The van der Waals surface area contributed by atoms with E-state index in [1.807, 2.05) is 0 Å². The monoisotopic (exact) mass is 134 g/mol. The zero-order valence-corrected chi connectivity index (χ0v) is 5.19. The van der Waals surface area contributed by atoms with Crippen LogP contribution in [0.2, 0.25) is 0 Å². The van der Waals surface area contributed by atoms with Crippen LogP contribution in [0.3, 0.4) is 0 Å². The molecule has 1 aromatic carbocycles. The van der Waals surface area contributed by atoms with Gasteiger partial charge in [-0.1, -0.05) is 6.07 Å². The molecule has 0 spiro atoms. The van der Waals surface area contributed by atoms with Crippen LogP contribution in [0.1, 0.15) is 0 Å². The van der Waals surface area contributed by atoms with Crippen LogP contribution in [-0.4, -0.2) is 4.98 Å². The van der Waals surface area contributed by atoms with E-state index in [0.29, 0.717) is 5.39 Å². The summed E-state index contributed by atoms with van der Waals surface area (Å²) in [5.41, 5.74) is 0.792. The molecule has 10 heavy (non-hydrogen) atoms. The fraction of sp³-hybridized carbons (Fsp3) is 0. The molecule has 2 heteroatoms. The lowest BCUT2D eigenvalue weighted by Gasteiger charge is -1.84. The summed E-state index contributed by atoms with van der Waals surface area (Å²) >= 11 is 0. The van der Waals surface area contributed by atoms with Crippen LogP contribution >= 0.6 is 0 Å². The molecule has 0 saturated heterocycles. The Labute approximate surface area is 57.5 Å². The number of H-pyrrole nitrogens is 1. The third kappa shape index (κ3) is 0.620. The molecular formula is C8H5FN. The molecule has 0 aliphatic heterocycles. The average Bonchev–Trinajstić information content (AvgIpc) is 2.34. The normalized spacial score (nSPS) is 10.5. The van der Waals surface area contributed by atoms with E-state index in [2.05, 4.69) is 11.1 Å². The van der Waals surface area contributed by atoms with Crippen molar-refractivity contribution < 1.29 is 4.39 Å². The summed E-state index contributed by atoms with van der Waals surface area (Å²) < 4.78 is 12.7. The lowest BCUT2D eigenvalue weighted by Crippen LogP contribution is -1.66. The number of rotatable bonds is 0. The van der Waals surface area contributed by atoms with Crippen LogP contribution in [0, 0.1) is 11.9 Å². The number of halogens is 1. The number of hydrogen-bond acceptors (Lipinski definition) is 0. The second kappa shape index (κ2) is 1.84. The van der Waals surface area contributed by atoms with Crippen molar-refractivity contribution in [1.29, 1.82) is 0 Å². The molecule has 1 heterocycles. The average molecular weight is 134 g/mol. The Morgan fingerprint density at radius 2 is 2.40 bits per heavy atom. The van der Waals surface area contributed by atoms with Gasteiger partial charge in [-0.3, -0.25) is 0 Å². The van der Waals surface area contributed by atoms with E-state index in [9.17, 15) is 4.39 Å². The predicted molar refractivity (Wildman–Crippen MR) is 37.1 cm³/mol. The number of nitrogens with one attached hydrogen (secondary N) is 1. The fourth-order valence-corrected chi connectivity index (χ4v) is 0.977. The SMILES string of the molecule is Fc1c[nH]c2c[c]ccc12. The maximum atomic E-state index is 12.7. The minimum atomic E-state index is -0.205. The van der Waals surface area contributed by atoms with Gasteiger partial charge in [0.05, 0.1) is 0 Å². The van der Waals surface area contributed by atoms with Crippen LogP contribution in [-0.2, 0) is 0 Å². The van der Waals surface area contributed by atoms with Crippen molar-refractivity contribution in [3.8, 4) is 0 Å². The molecule has 49 valence electrons. The molecule has 0 aliphatic rings. The van der Waals surface area contributed by atoms with Gasteiger partial charge in [0.25, 0.3) is 0 Å². The first-order valence-electron chi connectivity index (χ1n) is 3.00. The van der Waals surface area contributed by atoms with Gasteiger partial charge < -0.3 is 4.98 Å². The van der Waals surface area contributed by atoms with Gasteiger partial charge in [0.2, 0.25) is 0 Å². The highest BCUT2D eigenvalue weighted by Gasteiger charge is 1.98. The van der Waals surface area contributed by atoms with Gasteiger partial charge in [-0.15, -0.1) is 0 Å². The Bertz CT molecular complexity index is 351. The van der Waals surface area contributed by atoms with Crippen molar-refractivity contribution in [2.24, 2.45) is 0 Å². The quantitative estimate of drug-likeness (QED) is 0.568. The van der Waals surface area contributed by atoms with Crippen molar-refractivity contribution in [2.45, 2.75) is 0 Å². The van der Waals surface area contributed by atoms with E-state index in [0.717, 1.165) is 5.52 Å². The number of benzene rings is 1. The molecule has 0 saturated carbocycles. The zero-order valence-electron chi connectivity index (χ0n) is 5.19. The van der Waals surface area contributed by atoms with E-state index in [1.54, 1.807) is 18.2 Å². The molecular weight excluding hydrogens is 129 g/mol. The Morgan fingerprint density at radius 3 is 3.20 bits per heavy atom. The molecule has 0 atom stereocenters. The minimum absolute atomic E-state index is 0.205. The highest BCUT2D eigenvalue weighted by molar-refractivity contribution is 5.79.